The van der Waals surface area contributed by atoms with Crippen molar-refractivity contribution in [3.63, 3.8) is 0 Å². The lowest BCUT2D eigenvalue weighted by atomic mass is 10.1. The molecule has 4 heteroatoms. The molecule has 2 rings (SSSR count). The number of aromatic nitrogens is 1. The number of ketones is 1. The van der Waals surface area contributed by atoms with Crippen molar-refractivity contribution in [3.8, 4) is 0 Å². The predicted octanol–water partition coefficient (Wildman–Crippen LogP) is 2.71. The fraction of sp³-hybridized carbons (Fsp3) is 0.375. The Morgan fingerprint density at radius 3 is 2.40 bits per heavy atom. The molecule has 2 aromatic rings. The van der Waals surface area contributed by atoms with Gasteiger partial charge in [0.05, 0.1) is 0 Å². The molecule has 0 aliphatic carbocycles. The van der Waals surface area contributed by atoms with Crippen LogP contribution in [-0.2, 0) is 11.3 Å². The SMILES string of the molecule is CCN(CC)C(=O)Cn1cc(C(C)=O)c2ccccc21. The minimum Gasteiger partial charge on any atom is -0.342 e. The van der Waals surface area contributed by atoms with Gasteiger partial charge in [0, 0.05) is 35.8 Å². The molecule has 0 aliphatic heterocycles. The number of benzene rings is 1. The fourth-order valence-electron chi connectivity index (χ4n) is 2.48. The topological polar surface area (TPSA) is 42.3 Å². The number of hydrogen-bond donors (Lipinski definition) is 0. The molecule has 0 radical (unpaired) electrons. The Labute approximate surface area is 119 Å². The Kier molecular flexibility index (Phi) is 4.23. The van der Waals surface area contributed by atoms with E-state index in [4.69, 9.17) is 0 Å². The Hall–Kier alpha value is -2.10. The molecular weight excluding hydrogens is 252 g/mol. The van der Waals surface area contributed by atoms with Gasteiger partial charge in [-0.3, -0.25) is 9.59 Å². The van der Waals surface area contributed by atoms with Gasteiger partial charge in [0.25, 0.3) is 0 Å². The Morgan fingerprint density at radius 2 is 1.80 bits per heavy atom. The predicted molar refractivity (Wildman–Crippen MR) is 79.9 cm³/mol. The average molecular weight is 272 g/mol. The van der Waals surface area contributed by atoms with Crippen molar-refractivity contribution >= 4 is 22.6 Å². The second-order valence-corrected chi connectivity index (χ2v) is 4.81. The molecule has 0 bridgehead atoms. The van der Waals surface area contributed by atoms with Gasteiger partial charge in [-0.2, -0.15) is 0 Å². The van der Waals surface area contributed by atoms with Gasteiger partial charge >= 0.3 is 0 Å². The molecular formula is C16H20N2O2. The molecule has 4 nitrogen and oxygen atoms in total. The van der Waals surface area contributed by atoms with Crippen LogP contribution in [0, 0.1) is 0 Å². The summed E-state index contributed by atoms with van der Waals surface area (Å²) in [6.07, 6.45) is 1.79. The third kappa shape index (κ3) is 2.59. The van der Waals surface area contributed by atoms with E-state index in [0.717, 1.165) is 10.9 Å². The molecule has 1 aromatic carbocycles. The van der Waals surface area contributed by atoms with Crippen LogP contribution in [-0.4, -0.2) is 34.2 Å². The van der Waals surface area contributed by atoms with Crippen LogP contribution in [0.1, 0.15) is 31.1 Å². The molecule has 20 heavy (non-hydrogen) atoms. The van der Waals surface area contributed by atoms with E-state index in [2.05, 4.69) is 0 Å². The van der Waals surface area contributed by atoms with Gasteiger partial charge in [0.1, 0.15) is 6.54 Å². The molecule has 0 aliphatic rings. The number of likely N-dealkylation sites (N-methyl/N-ethyl adjacent to an activating group) is 1. The fourth-order valence-corrected chi connectivity index (χ4v) is 2.48. The summed E-state index contributed by atoms with van der Waals surface area (Å²) in [4.78, 5) is 25.7. The summed E-state index contributed by atoms with van der Waals surface area (Å²) in [6.45, 7) is 7.17. The van der Waals surface area contributed by atoms with Crippen LogP contribution in [0.3, 0.4) is 0 Å². The number of carbonyl (C=O) groups is 2. The molecule has 0 fully saturated rings. The van der Waals surface area contributed by atoms with Gasteiger partial charge in [-0.05, 0) is 26.8 Å². The van der Waals surface area contributed by atoms with Crippen LogP contribution in [0.5, 0.6) is 0 Å². The Morgan fingerprint density at radius 1 is 1.15 bits per heavy atom. The first kappa shape index (κ1) is 14.3. The van der Waals surface area contributed by atoms with Crippen LogP contribution in [0.2, 0.25) is 0 Å². The van der Waals surface area contributed by atoms with Crippen molar-refractivity contribution < 1.29 is 9.59 Å². The van der Waals surface area contributed by atoms with Gasteiger partial charge in [-0.25, -0.2) is 0 Å². The standard InChI is InChI=1S/C16H20N2O2/c1-4-17(5-2)16(20)11-18-10-14(12(3)19)13-8-6-7-9-15(13)18/h6-10H,4-5,11H2,1-3H3. The van der Waals surface area contributed by atoms with E-state index in [-0.39, 0.29) is 18.2 Å². The number of hydrogen-bond acceptors (Lipinski definition) is 2. The number of fused-ring (bicyclic) bond motifs is 1. The van der Waals surface area contributed by atoms with Crippen molar-refractivity contribution in [2.45, 2.75) is 27.3 Å². The van der Waals surface area contributed by atoms with Crippen LogP contribution in [0.25, 0.3) is 10.9 Å². The van der Waals surface area contributed by atoms with E-state index >= 15 is 0 Å². The molecule has 0 saturated heterocycles. The zero-order valence-electron chi connectivity index (χ0n) is 12.2. The van der Waals surface area contributed by atoms with Gasteiger partial charge in [-0.1, -0.05) is 18.2 Å². The largest absolute Gasteiger partial charge is 0.342 e. The summed E-state index contributed by atoms with van der Waals surface area (Å²) in [5, 5.41) is 0.910. The Bertz CT molecular complexity index is 639. The van der Waals surface area contributed by atoms with Crippen LogP contribution < -0.4 is 0 Å². The van der Waals surface area contributed by atoms with Crippen LogP contribution >= 0.6 is 0 Å². The maximum absolute atomic E-state index is 12.2. The first-order valence-corrected chi connectivity index (χ1v) is 6.95. The first-order chi connectivity index (χ1) is 9.58. The molecule has 0 N–H and O–H groups in total. The van der Waals surface area contributed by atoms with Crippen molar-refractivity contribution in [2.75, 3.05) is 13.1 Å². The smallest absolute Gasteiger partial charge is 0.242 e. The zero-order chi connectivity index (χ0) is 14.7. The van der Waals surface area contributed by atoms with Gasteiger partial charge in [0.15, 0.2) is 5.78 Å². The number of carbonyl (C=O) groups excluding carboxylic acids is 2. The summed E-state index contributed by atoms with van der Waals surface area (Å²) in [5.41, 5.74) is 1.60. The molecule has 0 atom stereocenters. The second kappa shape index (κ2) is 5.90. The summed E-state index contributed by atoms with van der Waals surface area (Å²) >= 11 is 0. The number of para-hydroxylation sites is 1. The quantitative estimate of drug-likeness (QED) is 0.785. The minimum atomic E-state index is 0.0234. The van der Waals surface area contributed by atoms with Crippen molar-refractivity contribution in [1.82, 2.24) is 9.47 Å². The summed E-state index contributed by atoms with van der Waals surface area (Å²) in [7, 11) is 0. The highest BCUT2D eigenvalue weighted by atomic mass is 16.2. The number of Topliss-reactive ketones (excluding diaryl/α,β-unsaturated/α-hetero) is 1. The third-order valence-corrected chi connectivity index (χ3v) is 3.59. The normalized spacial score (nSPS) is 10.8. The molecule has 1 aromatic heterocycles. The number of nitrogens with zero attached hydrogens (tertiary/aromatic N) is 2. The Balaban J connectivity index is 2.40. The number of rotatable bonds is 5. The molecule has 106 valence electrons. The van der Waals surface area contributed by atoms with Crippen molar-refractivity contribution in [2.24, 2.45) is 0 Å². The summed E-state index contributed by atoms with van der Waals surface area (Å²) in [6, 6.07) is 7.69. The zero-order valence-corrected chi connectivity index (χ0v) is 12.2. The van der Waals surface area contributed by atoms with E-state index in [1.807, 2.05) is 42.7 Å². The molecule has 1 amide bonds. The van der Waals surface area contributed by atoms with Crippen LogP contribution in [0.4, 0.5) is 0 Å². The monoisotopic (exact) mass is 272 g/mol. The molecule has 0 unspecified atom stereocenters. The van der Waals surface area contributed by atoms with Gasteiger partial charge in [0.2, 0.25) is 5.91 Å². The highest BCUT2D eigenvalue weighted by Gasteiger charge is 2.15. The lowest BCUT2D eigenvalue weighted by Crippen LogP contribution is -2.33. The summed E-state index contributed by atoms with van der Waals surface area (Å²) in [5.74, 6) is 0.0982. The maximum atomic E-state index is 12.2. The van der Waals surface area contributed by atoms with Gasteiger partial charge < -0.3 is 9.47 Å². The van der Waals surface area contributed by atoms with E-state index in [1.54, 1.807) is 18.0 Å². The van der Waals surface area contributed by atoms with Crippen molar-refractivity contribution in [3.05, 3.63) is 36.0 Å². The van der Waals surface area contributed by atoms with E-state index in [9.17, 15) is 9.59 Å². The lowest BCUT2D eigenvalue weighted by Gasteiger charge is -2.19. The summed E-state index contributed by atoms with van der Waals surface area (Å²) < 4.78 is 1.87. The van der Waals surface area contributed by atoms with E-state index in [1.165, 1.54) is 0 Å². The molecule has 0 saturated carbocycles. The van der Waals surface area contributed by atoms with E-state index in [0.29, 0.717) is 18.7 Å². The molecule has 0 spiro atoms. The maximum Gasteiger partial charge on any atom is 0.242 e. The van der Waals surface area contributed by atoms with Crippen LogP contribution in [0.15, 0.2) is 30.5 Å². The van der Waals surface area contributed by atoms with Gasteiger partial charge in [-0.15, -0.1) is 0 Å². The molecule has 1 heterocycles. The minimum absolute atomic E-state index is 0.0234. The van der Waals surface area contributed by atoms with E-state index < -0.39 is 0 Å². The lowest BCUT2D eigenvalue weighted by molar-refractivity contribution is -0.131. The average Bonchev–Trinajstić information content (AvgIpc) is 2.79. The second-order valence-electron chi connectivity index (χ2n) is 4.81. The first-order valence-electron chi connectivity index (χ1n) is 6.95. The highest BCUT2D eigenvalue weighted by Crippen LogP contribution is 2.21. The van der Waals surface area contributed by atoms with Crippen molar-refractivity contribution in [1.29, 1.82) is 0 Å². The number of amides is 1. The third-order valence-electron chi connectivity index (χ3n) is 3.59. The highest BCUT2D eigenvalue weighted by molar-refractivity contribution is 6.07.